The Morgan fingerprint density at radius 2 is 1.90 bits per heavy atom. The van der Waals surface area contributed by atoms with Crippen molar-refractivity contribution in [2.45, 2.75) is 13.1 Å². The summed E-state index contributed by atoms with van der Waals surface area (Å²) in [5.74, 6) is 0.0971. The maximum Gasteiger partial charge on any atom is 0.418 e. The molecule has 7 heteroatoms. The highest BCUT2D eigenvalue weighted by Crippen LogP contribution is 2.35. The lowest BCUT2D eigenvalue weighted by molar-refractivity contribution is -0.137. The molecule has 0 aliphatic carbocycles. The molecule has 2 rings (SSSR count). The van der Waals surface area contributed by atoms with E-state index in [1.807, 2.05) is 0 Å². The summed E-state index contributed by atoms with van der Waals surface area (Å²) in [6.07, 6.45) is -3.84. The molecule has 2 aromatic rings. The Bertz CT molecular complexity index is 644. The van der Waals surface area contributed by atoms with Gasteiger partial charge in [-0.3, -0.25) is 0 Å². The molecule has 0 saturated heterocycles. The fourth-order valence-corrected chi connectivity index (χ4v) is 1.76. The van der Waals surface area contributed by atoms with Crippen molar-refractivity contribution in [2.24, 2.45) is 0 Å². The van der Waals surface area contributed by atoms with Gasteiger partial charge in [0.25, 0.3) is 0 Å². The van der Waals surface area contributed by atoms with E-state index in [1.165, 1.54) is 0 Å². The summed E-state index contributed by atoms with van der Waals surface area (Å²) >= 11 is 5.79. The van der Waals surface area contributed by atoms with Crippen molar-refractivity contribution in [1.29, 1.82) is 0 Å². The van der Waals surface area contributed by atoms with Gasteiger partial charge in [-0.05, 0) is 36.8 Å². The minimum atomic E-state index is -4.51. The predicted molar refractivity (Wildman–Crippen MR) is 69.9 cm³/mol. The maximum atomic E-state index is 12.6. The smallest absolute Gasteiger partial charge is 0.418 e. The first-order valence-corrected chi connectivity index (χ1v) is 5.92. The maximum absolute atomic E-state index is 12.6. The van der Waals surface area contributed by atoms with Gasteiger partial charge in [0.1, 0.15) is 5.75 Å². The molecule has 0 aliphatic rings. The molecule has 0 unspecified atom stereocenters. The molecular weight excluding hydrogens is 293 g/mol. The summed E-state index contributed by atoms with van der Waals surface area (Å²) in [5.41, 5.74) is 5.28. The quantitative estimate of drug-likeness (QED) is 0.892. The zero-order valence-electron chi connectivity index (χ0n) is 10.3. The zero-order chi connectivity index (χ0) is 14.9. The SMILES string of the molecule is Cc1cc(Cl)ccc1Oc1cc(C(F)(F)F)cnc1N. The summed E-state index contributed by atoms with van der Waals surface area (Å²) < 4.78 is 43.2. The predicted octanol–water partition coefficient (Wildman–Crippen LogP) is 4.44. The van der Waals surface area contributed by atoms with Crippen LogP contribution >= 0.6 is 11.6 Å². The van der Waals surface area contributed by atoms with E-state index in [1.54, 1.807) is 25.1 Å². The lowest BCUT2D eigenvalue weighted by Crippen LogP contribution is -2.07. The Balaban J connectivity index is 2.38. The number of benzene rings is 1. The zero-order valence-corrected chi connectivity index (χ0v) is 11.1. The Morgan fingerprint density at radius 3 is 2.50 bits per heavy atom. The number of anilines is 1. The normalized spacial score (nSPS) is 11.4. The van der Waals surface area contributed by atoms with E-state index < -0.39 is 11.7 Å². The van der Waals surface area contributed by atoms with E-state index in [9.17, 15) is 13.2 Å². The van der Waals surface area contributed by atoms with E-state index >= 15 is 0 Å². The van der Waals surface area contributed by atoms with Gasteiger partial charge in [-0.15, -0.1) is 0 Å². The van der Waals surface area contributed by atoms with Gasteiger partial charge in [0.05, 0.1) is 5.56 Å². The molecule has 1 aromatic carbocycles. The lowest BCUT2D eigenvalue weighted by atomic mass is 10.2. The Labute approximate surface area is 118 Å². The molecule has 20 heavy (non-hydrogen) atoms. The van der Waals surface area contributed by atoms with E-state index in [0.717, 1.165) is 6.07 Å². The third-order valence-electron chi connectivity index (χ3n) is 2.57. The van der Waals surface area contributed by atoms with Crippen LogP contribution in [0.15, 0.2) is 30.5 Å². The molecule has 0 spiro atoms. The van der Waals surface area contributed by atoms with Crippen molar-refractivity contribution in [3.63, 3.8) is 0 Å². The number of nitrogen functional groups attached to an aromatic ring is 1. The van der Waals surface area contributed by atoms with E-state index in [4.69, 9.17) is 22.1 Å². The Hall–Kier alpha value is -1.95. The molecule has 3 nitrogen and oxygen atoms in total. The van der Waals surface area contributed by atoms with E-state index in [2.05, 4.69) is 4.98 Å². The van der Waals surface area contributed by atoms with Crippen LogP contribution < -0.4 is 10.5 Å². The standard InChI is InChI=1S/C13H10ClF3N2O/c1-7-4-9(14)2-3-10(7)20-11-5-8(13(15,16)17)6-19-12(11)18/h2-6H,1H3,(H2,18,19). The second-order valence-electron chi connectivity index (χ2n) is 4.12. The number of aromatic nitrogens is 1. The number of nitrogens with zero attached hydrogens (tertiary/aromatic N) is 1. The average molecular weight is 303 g/mol. The minimum Gasteiger partial charge on any atom is -0.453 e. The van der Waals surface area contributed by atoms with Crippen molar-refractivity contribution >= 4 is 17.4 Å². The molecule has 0 aliphatic heterocycles. The summed E-state index contributed by atoms with van der Waals surface area (Å²) in [4.78, 5) is 3.50. The number of hydrogen-bond donors (Lipinski definition) is 1. The van der Waals surface area contributed by atoms with Gasteiger partial charge in [0.2, 0.25) is 0 Å². The van der Waals surface area contributed by atoms with Crippen LogP contribution in [0.4, 0.5) is 19.0 Å². The summed E-state index contributed by atoms with van der Waals surface area (Å²) in [7, 11) is 0. The highest BCUT2D eigenvalue weighted by Gasteiger charge is 2.32. The third kappa shape index (κ3) is 3.14. The van der Waals surface area contributed by atoms with Gasteiger partial charge < -0.3 is 10.5 Å². The largest absolute Gasteiger partial charge is 0.453 e. The molecule has 0 amide bonds. The fourth-order valence-electron chi connectivity index (χ4n) is 1.54. The highest BCUT2D eigenvalue weighted by atomic mass is 35.5. The first kappa shape index (κ1) is 14.5. The monoisotopic (exact) mass is 302 g/mol. The van der Waals surface area contributed by atoms with Crippen LogP contribution in [0, 0.1) is 6.92 Å². The van der Waals surface area contributed by atoms with Crippen molar-refractivity contribution in [1.82, 2.24) is 4.98 Å². The van der Waals surface area contributed by atoms with Gasteiger partial charge in [0, 0.05) is 11.2 Å². The van der Waals surface area contributed by atoms with Crippen LogP contribution in [-0.4, -0.2) is 4.98 Å². The first-order chi connectivity index (χ1) is 9.27. The van der Waals surface area contributed by atoms with Crippen LogP contribution in [0.5, 0.6) is 11.5 Å². The Morgan fingerprint density at radius 1 is 1.20 bits per heavy atom. The Kier molecular flexibility index (Phi) is 3.76. The molecule has 0 fully saturated rings. The van der Waals surface area contributed by atoms with E-state index in [-0.39, 0.29) is 11.6 Å². The van der Waals surface area contributed by atoms with Crippen LogP contribution in [0.1, 0.15) is 11.1 Å². The van der Waals surface area contributed by atoms with Crippen LogP contribution in [0.25, 0.3) is 0 Å². The van der Waals surface area contributed by atoms with Crippen LogP contribution in [0.3, 0.4) is 0 Å². The molecule has 106 valence electrons. The van der Waals surface area contributed by atoms with Gasteiger partial charge in [-0.2, -0.15) is 13.2 Å². The van der Waals surface area contributed by atoms with Gasteiger partial charge >= 0.3 is 6.18 Å². The summed E-state index contributed by atoms with van der Waals surface area (Å²) in [6, 6.07) is 5.57. The van der Waals surface area contributed by atoms with Gasteiger partial charge in [-0.25, -0.2) is 4.98 Å². The molecule has 1 aromatic heterocycles. The molecule has 2 N–H and O–H groups in total. The van der Waals surface area contributed by atoms with Crippen LogP contribution in [-0.2, 0) is 6.18 Å². The topological polar surface area (TPSA) is 48.1 Å². The number of hydrogen-bond acceptors (Lipinski definition) is 3. The molecule has 0 radical (unpaired) electrons. The number of halogens is 4. The van der Waals surface area contributed by atoms with Gasteiger partial charge in [0.15, 0.2) is 11.6 Å². The summed E-state index contributed by atoms with van der Waals surface area (Å²) in [6.45, 7) is 1.72. The minimum absolute atomic E-state index is 0.118. The lowest BCUT2D eigenvalue weighted by Gasteiger charge is -2.13. The highest BCUT2D eigenvalue weighted by molar-refractivity contribution is 6.30. The molecular formula is C13H10ClF3N2O. The number of alkyl halides is 3. The molecule has 1 heterocycles. The fraction of sp³-hybridized carbons (Fsp3) is 0.154. The third-order valence-corrected chi connectivity index (χ3v) is 2.80. The number of pyridine rings is 1. The van der Waals surface area contributed by atoms with Gasteiger partial charge in [-0.1, -0.05) is 11.6 Å². The molecule has 0 atom stereocenters. The van der Waals surface area contributed by atoms with Crippen molar-refractivity contribution in [3.05, 3.63) is 46.6 Å². The first-order valence-electron chi connectivity index (χ1n) is 5.54. The van der Waals surface area contributed by atoms with Crippen LogP contribution in [0.2, 0.25) is 5.02 Å². The average Bonchev–Trinajstić information content (AvgIpc) is 2.33. The van der Waals surface area contributed by atoms with Crippen molar-refractivity contribution in [3.8, 4) is 11.5 Å². The second kappa shape index (κ2) is 5.20. The molecule has 0 bridgehead atoms. The second-order valence-corrected chi connectivity index (χ2v) is 4.55. The summed E-state index contributed by atoms with van der Waals surface area (Å²) in [5, 5.41) is 0.505. The van der Waals surface area contributed by atoms with Crippen molar-refractivity contribution < 1.29 is 17.9 Å². The number of nitrogens with two attached hydrogens (primary N) is 1. The van der Waals surface area contributed by atoms with Crippen molar-refractivity contribution in [2.75, 3.05) is 5.73 Å². The number of aryl methyl sites for hydroxylation is 1. The molecule has 0 saturated carbocycles. The number of rotatable bonds is 2. The number of ether oxygens (including phenoxy) is 1. The van der Waals surface area contributed by atoms with E-state index in [0.29, 0.717) is 22.5 Å².